The Balaban J connectivity index is 1.59. The second-order valence-electron chi connectivity index (χ2n) is 6.60. The number of hydrogen-bond acceptors (Lipinski definition) is 4. The standard InChI is InChI=1S/C18H24N4O4/c1-26-13-6-4-12(5-7-13)18(25)22-10-9-19-15(11-22)17(24)21-14-3-2-8-20-16(14)23/h4-7,14-15,19H,2-3,8-11H2,1H3,(H,20,23)(H,21,24)/p+1/t14-,15+/m0/s1. The van der Waals surface area contributed by atoms with Crippen LogP contribution >= 0.6 is 0 Å². The van der Waals surface area contributed by atoms with Crippen molar-refractivity contribution in [2.24, 2.45) is 0 Å². The average molecular weight is 361 g/mol. The van der Waals surface area contributed by atoms with Gasteiger partial charge in [0.25, 0.3) is 11.8 Å². The van der Waals surface area contributed by atoms with Crippen LogP contribution in [0.3, 0.4) is 0 Å². The van der Waals surface area contributed by atoms with Crippen LogP contribution in [0.5, 0.6) is 5.75 Å². The van der Waals surface area contributed by atoms with Crippen molar-refractivity contribution in [1.82, 2.24) is 15.5 Å². The Bertz CT molecular complexity index is 676. The van der Waals surface area contributed by atoms with E-state index in [4.69, 9.17) is 4.74 Å². The van der Waals surface area contributed by atoms with Crippen LogP contribution < -0.4 is 20.7 Å². The first kappa shape index (κ1) is 18.2. The van der Waals surface area contributed by atoms with E-state index in [0.29, 0.717) is 43.9 Å². The third-order valence-electron chi connectivity index (χ3n) is 4.83. The molecule has 2 heterocycles. The number of carbonyl (C=O) groups is 3. The lowest BCUT2D eigenvalue weighted by atomic mass is 10.1. The molecule has 0 unspecified atom stereocenters. The molecular formula is C18H25N4O4+. The number of rotatable bonds is 4. The van der Waals surface area contributed by atoms with Crippen LogP contribution in [0.2, 0.25) is 0 Å². The molecule has 0 saturated carbocycles. The Hall–Kier alpha value is -2.61. The van der Waals surface area contributed by atoms with Crippen molar-refractivity contribution in [2.45, 2.75) is 24.9 Å². The fraction of sp³-hybridized carbons (Fsp3) is 0.500. The zero-order chi connectivity index (χ0) is 18.5. The summed E-state index contributed by atoms with van der Waals surface area (Å²) < 4.78 is 5.11. The van der Waals surface area contributed by atoms with Gasteiger partial charge in [0.05, 0.1) is 26.7 Å². The van der Waals surface area contributed by atoms with Crippen LogP contribution in [0.25, 0.3) is 0 Å². The zero-order valence-corrected chi connectivity index (χ0v) is 14.9. The number of amides is 3. The van der Waals surface area contributed by atoms with Crippen molar-refractivity contribution in [2.75, 3.05) is 33.3 Å². The van der Waals surface area contributed by atoms with Crippen molar-refractivity contribution in [3.8, 4) is 5.75 Å². The molecule has 2 atom stereocenters. The van der Waals surface area contributed by atoms with Gasteiger partial charge < -0.3 is 25.6 Å². The first-order valence-corrected chi connectivity index (χ1v) is 8.93. The Labute approximate surface area is 152 Å². The molecule has 8 heteroatoms. The van der Waals surface area contributed by atoms with Gasteiger partial charge in [0.15, 0.2) is 6.04 Å². The minimum absolute atomic E-state index is 0.103. The van der Waals surface area contributed by atoms with Gasteiger partial charge in [-0.3, -0.25) is 14.4 Å². The lowest BCUT2D eigenvalue weighted by molar-refractivity contribution is -0.684. The molecule has 2 saturated heterocycles. The van der Waals surface area contributed by atoms with Crippen LogP contribution in [-0.2, 0) is 9.59 Å². The van der Waals surface area contributed by atoms with Crippen molar-refractivity contribution < 1.29 is 24.4 Å². The summed E-state index contributed by atoms with van der Waals surface area (Å²) in [6.45, 7) is 2.21. The largest absolute Gasteiger partial charge is 0.497 e. The summed E-state index contributed by atoms with van der Waals surface area (Å²) >= 11 is 0. The van der Waals surface area contributed by atoms with Crippen LogP contribution in [0.4, 0.5) is 0 Å². The smallest absolute Gasteiger partial charge is 0.280 e. The summed E-state index contributed by atoms with van der Waals surface area (Å²) in [4.78, 5) is 38.7. The summed E-state index contributed by atoms with van der Waals surface area (Å²) in [7, 11) is 1.58. The van der Waals surface area contributed by atoms with E-state index in [-0.39, 0.29) is 17.7 Å². The number of carbonyl (C=O) groups excluding carboxylic acids is 3. The summed E-state index contributed by atoms with van der Waals surface area (Å²) in [5, 5.41) is 7.50. The maximum Gasteiger partial charge on any atom is 0.280 e. The minimum atomic E-state index is -0.475. The van der Waals surface area contributed by atoms with Gasteiger partial charge in [-0.2, -0.15) is 0 Å². The maximum atomic E-state index is 12.7. The van der Waals surface area contributed by atoms with Gasteiger partial charge in [0.1, 0.15) is 11.8 Å². The van der Waals surface area contributed by atoms with E-state index in [9.17, 15) is 14.4 Å². The number of ether oxygens (including phenoxy) is 1. The zero-order valence-electron chi connectivity index (χ0n) is 14.9. The third-order valence-corrected chi connectivity index (χ3v) is 4.83. The molecule has 1 aromatic rings. The van der Waals surface area contributed by atoms with Crippen LogP contribution in [0.1, 0.15) is 23.2 Å². The van der Waals surface area contributed by atoms with Gasteiger partial charge in [0.2, 0.25) is 5.91 Å². The highest BCUT2D eigenvalue weighted by molar-refractivity contribution is 5.95. The molecule has 0 spiro atoms. The van der Waals surface area contributed by atoms with E-state index in [0.717, 1.165) is 6.42 Å². The SMILES string of the molecule is COc1ccc(C(=O)N2CC[NH2+][C@@H](C(=O)N[C@H]3CCCNC3=O)C2)cc1. The number of piperidine rings is 1. The molecule has 0 bridgehead atoms. The number of benzene rings is 1. The topological polar surface area (TPSA) is 104 Å². The number of quaternary nitrogens is 1. The Kier molecular flexibility index (Phi) is 5.72. The molecule has 8 nitrogen and oxygen atoms in total. The first-order valence-electron chi connectivity index (χ1n) is 8.93. The molecule has 2 aliphatic rings. The van der Waals surface area contributed by atoms with Gasteiger partial charge in [-0.15, -0.1) is 0 Å². The highest BCUT2D eigenvalue weighted by atomic mass is 16.5. The van der Waals surface area contributed by atoms with Crippen LogP contribution in [0.15, 0.2) is 24.3 Å². The second-order valence-corrected chi connectivity index (χ2v) is 6.60. The number of nitrogens with two attached hydrogens (primary N) is 1. The van der Waals surface area contributed by atoms with Crippen molar-refractivity contribution in [1.29, 1.82) is 0 Å². The molecule has 1 aromatic carbocycles. The monoisotopic (exact) mass is 361 g/mol. The number of nitrogens with zero attached hydrogens (tertiary/aromatic N) is 1. The van der Waals surface area contributed by atoms with E-state index >= 15 is 0 Å². The number of hydrogen-bond donors (Lipinski definition) is 3. The van der Waals surface area contributed by atoms with E-state index in [1.54, 1.807) is 36.3 Å². The molecule has 0 radical (unpaired) electrons. The van der Waals surface area contributed by atoms with Gasteiger partial charge in [-0.1, -0.05) is 0 Å². The Morgan fingerprint density at radius 1 is 1.31 bits per heavy atom. The van der Waals surface area contributed by atoms with E-state index < -0.39 is 12.1 Å². The van der Waals surface area contributed by atoms with Crippen molar-refractivity contribution in [3.05, 3.63) is 29.8 Å². The number of piperazine rings is 1. The molecule has 3 amide bonds. The Morgan fingerprint density at radius 2 is 2.08 bits per heavy atom. The normalized spacial score (nSPS) is 23.1. The van der Waals surface area contributed by atoms with Crippen LogP contribution in [-0.4, -0.2) is 68.0 Å². The Morgan fingerprint density at radius 3 is 2.77 bits per heavy atom. The van der Waals surface area contributed by atoms with Gasteiger partial charge in [-0.05, 0) is 37.1 Å². The fourth-order valence-electron chi connectivity index (χ4n) is 3.31. The predicted molar refractivity (Wildman–Crippen MR) is 93.7 cm³/mol. The molecule has 2 fully saturated rings. The lowest BCUT2D eigenvalue weighted by Crippen LogP contribution is -2.98. The number of methoxy groups -OCH3 is 1. The molecule has 3 rings (SSSR count). The van der Waals surface area contributed by atoms with Gasteiger partial charge in [0, 0.05) is 12.1 Å². The van der Waals surface area contributed by atoms with Crippen LogP contribution in [0, 0.1) is 0 Å². The van der Waals surface area contributed by atoms with Crippen molar-refractivity contribution in [3.63, 3.8) is 0 Å². The summed E-state index contributed by atoms with van der Waals surface area (Å²) in [5.74, 6) is 0.261. The second kappa shape index (κ2) is 8.18. The fourth-order valence-corrected chi connectivity index (χ4v) is 3.31. The van der Waals surface area contributed by atoms with Crippen molar-refractivity contribution >= 4 is 17.7 Å². The van der Waals surface area contributed by atoms with Gasteiger partial charge >= 0.3 is 0 Å². The molecule has 2 aliphatic heterocycles. The lowest BCUT2D eigenvalue weighted by Gasteiger charge is -2.31. The maximum absolute atomic E-state index is 12.7. The number of nitrogens with one attached hydrogen (secondary N) is 2. The van der Waals surface area contributed by atoms with E-state index in [2.05, 4.69) is 10.6 Å². The quantitative estimate of drug-likeness (QED) is 0.606. The highest BCUT2D eigenvalue weighted by Gasteiger charge is 2.34. The molecule has 4 N–H and O–H groups in total. The molecular weight excluding hydrogens is 336 g/mol. The molecule has 0 aliphatic carbocycles. The third kappa shape index (κ3) is 4.13. The predicted octanol–water partition coefficient (Wildman–Crippen LogP) is -1.52. The van der Waals surface area contributed by atoms with E-state index in [1.165, 1.54) is 0 Å². The molecule has 0 aromatic heterocycles. The average Bonchev–Trinajstić information content (AvgIpc) is 2.69. The van der Waals surface area contributed by atoms with Gasteiger partial charge in [-0.25, -0.2) is 0 Å². The minimum Gasteiger partial charge on any atom is -0.497 e. The summed E-state index contributed by atoms with van der Waals surface area (Å²) in [6, 6.07) is 6.06. The summed E-state index contributed by atoms with van der Waals surface area (Å²) in [6.07, 6.45) is 1.51. The van der Waals surface area contributed by atoms with E-state index in [1.807, 2.05) is 5.32 Å². The highest BCUT2D eigenvalue weighted by Crippen LogP contribution is 2.13. The summed E-state index contributed by atoms with van der Waals surface area (Å²) in [5.41, 5.74) is 0.568. The molecule has 26 heavy (non-hydrogen) atoms. The molecule has 140 valence electrons. The first-order chi connectivity index (χ1) is 12.6.